The van der Waals surface area contributed by atoms with Crippen molar-refractivity contribution >= 4 is 0 Å². The molecule has 2 unspecified atom stereocenters. The minimum Gasteiger partial charge on any atom is -0.327 e. The summed E-state index contributed by atoms with van der Waals surface area (Å²) >= 11 is 0. The van der Waals surface area contributed by atoms with E-state index < -0.39 is 5.79 Å². The van der Waals surface area contributed by atoms with E-state index in [2.05, 4.69) is 25.5 Å². The van der Waals surface area contributed by atoms with Crippen LogP contribution in [0.4, 0.5) is 0 Å². The molecule has 1 radical (unpaired) electrons. The molecule has 3 aromatic heterocycles. The standard InChI is InChI=1S/C11H11N8/c1-2-15-18(4-1)11(19-9-13-7-16-19)10(6-14-11)17-5-3-12-8-17/h1-5,7-10H,6H2. The highest BCUT2D eigenvalue weighted by atomic mass is 15.6. The van der Waals surface area contributed by atoms with Gasteiger partial charge in [-0.15, -0.1) is 0 Å². The van der Waals surface area contributed by atoms with Crippen molar-refractivity contribution in [2.24, 2.45) is 0 Å². The normalized spacial score (nSPS) is 26.2. The molecule has 8 heteroatoms. The monoisotopic (exact) mass is 255 g/mol. The van der Waals surface area contributed by atoms with Crippen molar-refractivity contribution in [1.29, 1.82) is 0 Å². The van der Waals surface area contributed by atoms with Crippen LogP contribution in [0.3, 0.4) is 0 Å². The molecule has 19 heavy (non-hydrogen) atoms. The van der Waals surface area contributed by atoms with Gasteiger partial charge in [0.2, 0.25) is 5.79 Å². The summed E-state index contributed by atoms with van der Waals surface area (Å²) in [5, 5.41) is 13.2. The van der Waals surface area contributed by atoms with E-state index in [1.54, 1.807) is 34.4 Å². The zero-order chi connectivity index (χ0) is 12.7. The third-order valence-corrected chi connectivity index (χ3v) is 3.43. The third kappa shape index (κ3) is 1.31. The van der Waals surface area contributed by atoms with E-state index in [9.17, 15) is 0 Å². The predicted molar refractivity (Wildman–Crippen MR) is 63.9 cm³/mol. The quantitative estimate of drug-likeness (QED) is 0.643. The molecule has 2 atom stereocenters. The fourth-order valence-corrected chi connectivity index (χ4v) is 2.48. The number of nitrogens with zero attached hydrogens (tertiary/aromatic N) is 8. The second-order valence-electron chi connectivity index (χ2n) is 4.34. The lowest BCUT2D eigenvalue weighted by Gasteiger charge is -2.48. The Morgan fingerprint density at radius 1 is 1.00 bits per heavy atom. The molecule has 1 fully saturated rings. The Hall–Kier alpha value is -2.48. The van der Waals surface area contributed by atoms with Crippen LogP contribution in [0.1, 0.15) is 6.04 Å². The molecule has 0 bridgehead atoms. The van der Waals surface area contributed by atoms with E-state index in [4.69, 9.17) is 0 Å². The zero-order valence-electron chi connectivity index (χ0n) is 9.98. The summed E-state index contributed by atoms with van der Waals surface area (Å²) in [6.45, 7) is 0.691. The molecule has 3 aromatic rings. The van der Waals surface area contributed by atoms with Crippen LogP contribution >= 0.6 is 0 Å². The fourth-order valence-electron chi connectivity index (χ4n) is 2.48. The van der Waals surface area contributed by atoms with Crippen molar-refractivity contribution < 1.29 is 0 Å². The van der Waals surface area contributed by atoms with E-state index in [1.165, 1.54) is 6.33 Å². The first kappa shape index (κ1) is 10.4. The first-order chi connectivity index (χ1) is 9.41. The summed E-state index contributed by atoms with van der Waals surface area (Å²) < 4.78 is 5.56. The summed E-state index contributed by atoms with van der Waals surface area (Å²) in [5.41, 5.74) is 0. The zero-order valence-corrected chi connectivity index (χ0v) is 9.98. The van der Waals surface area contributed by atoms with Gasteiger partial charge in [-0.3, -0.25) is 0 Å². The summed E-state index contributed by atoms with van der Waals surface area (Å²) in [5.74, 6) is -0.694. The lowest BCUT2D eigenvalue weighted by atomic mass is 10.0. The molecule has 95 valence electrons. The molecular formula is C11H11N8. The first-order valence-electron chi connectivity index (χ1n) is 5.92. The molecule has 0 aromatic carbocycles. The summed E-state index contributed by atoms with van der Waals surface area (Å²) in [6.07, 6.45) is 12.3. The Morgan fingerprint density at radius 3 is 2.58 bits per heavy atom. The minimum absolute atomic E-state index is 0.0802. The third-order valence-electron chi connectivity index (χ3n) is 3.43. The van der Waals surface area contributed by atoms with Crippen molar-refractivity contribution in [3.8, 4) is 0 Å². The van der Waals surface area contributed by atoms with Crippen LogP contribution in [0.25, 0.3) is 0 Å². The number of aromatic nitrogens is 7. The van der Waals surface area contributed by atoms with Crippen LogP contribution in [-0.2, 0) is 5.79 Å². The van der Waals surface area contributed by atoms with Gasteiger partial charge in [0.15, 0.2) is 0 Å². The number of imidazole rings is 1. The lowest BCUT2D eigenvalue weighted by Crippen LogP contribution is -2.66. The average molecular weight is 255 g/mol. The SMILES string of the molecule is c1cnn(C2(n3cncn3)[N]CC2n2ccnc2)c1. The molecule has 0 aliphatic carbocycles. The molecule has 0 saturated carbocycles. The van der Waals surface area contributed by atoms with E-state index in [1.807, 2.05) is 23.0 Å². The second-order valence-corrected chi connectivity index (χ2v) is 4.34. The van der Waals surface area contributed by atoms with E-state index >= 15 is 0 Å². The van der Waals surface area contributed by atoms with Crippen LogP contribution in [0.5, 0.6) is 0 Å². The van der Waals surface area contributed by atoms with Gasteiger partial charge in [0.25, 0.3) is 0 Å². The molecule has 1 saturated heterocycles. The maximum atomic E-state index is 4.64. The lowest BCUT2D eigenvalue weighted by molar-refractivity contribution is -0.0303. The molecule has 4 rings (SSSR count). The van der Waals surface area contributed by atoms with Crippen LogP contribution < -0.4 is 5.32 Å². The minimum atomic E-state index is -0.694. The Labute approximate surface area is 108 Å². The average Bonchev–Trinajstić information content (AvgIpc) is 3.12. The molecule has 1 aliphatic rings. The topological polar surface area (TPSA) is 80.5 Å². The van der Waals surface area contributed by atoms with Gasteiger partial charge in [-0.25, -0.2) is 19.3 Å². The van der Waals surface area contributed by atoms with Gasteiger partial charge in [-0.1, -0.05) is 0 Å². The second kappa shape index (κ2) is 3.75. The molecule has 0 spiro atoms. The number of hydrogen-bond donors (Lipinski definition) is 0. The maximum absolute atomic E-state index is 4.64. The Morgan fingerprint density at radius 2 is 2.00 bits per heavy atom. The van der Waals surface area contributed by atoms with Gasteiger partial charge in [-0.05, 0) is 6.07 Å². The highest BCUT2D eigenvalue weighted by Crippen LogP contribution is 2.37. The number of rotatable bonds is 3. The summed E-state index contributed by atoms with van der Waals surface area (Å²) in [7, 11) is 0. The molecular weight excluding hydrogens is 244 g/mol. The maximum Gasteiger partial charge on any atom is 0.246 e. The molecule has 1 aliphatic heterocycles. The van der Waals surface area contributed by atoms with Gasteiger partial charge < -0.3 is 4.57 Å². The first-order valence-corrected chi connectivity index (χ1v) is 5.92. The van der Waals surface area contributed by atoms with Crippen molar-refractivity contribution in [3.63, 3.8) is 0 Å². The van der Waals surface area contributed by atoms with Gasteiger partial charge in [0, 0.05) is 31.3 Å². The highest BCUT2D eigenvalue weighted by molar-refractivity contribution is 5.05. The highest BCUT2D eigenvalue weighted by Gasteiger charge is 2.54. The van der Waals surface area contributed by atoms with Crippen LogP contribution in [0, 0.1) is 0 Å². The smallest absolute Gasteiger partial charge is 0.246 e. The van der Waals surface area contributed by atoms with Crippen LogP contribution in [0.2, 0.25) is 0 Å². The van der Waals surface area contributed by atoms with Gasteiger partial charge in [0.1, 0.15) is 18.7 Å². The summed E-state index contributed by atoms with van der Waals surface area (Å²) in [4.78, 5) is 8.12. The van der Waals surface area contributed by atoms with E-state index in [0.29, 0.717) is 6.54 Å². The number of hydrogen-bond acceptors (Lipinski definition) is 4. The largest absolute Gasteiger partial charge is 0.327 e. The molecule has 0 N–H and O–H groups in total. The van der Waals surface area contributed by atoms with Crippen LogP contribution in [0.15, 0.2) is 49.8 Å². The van der Waals surface area contributed by atoms with Crippen molar-refractivity contribution in [3.05, 3.63) is 49.8 Å². The molecule has 0 amide bonds. The summed E-state index contributed by atoms with van der Waals surface area (Å²) in [6, 6.07) is 1.95. The molecule has 4 heterocycles. The van der Waals surface area contributed by atoms with E-state index in [0.717, 1.165) is 0 Å². The van der Waals surface area contributed by atoms with Gasteiger partial charge in [-0.2, -0.15) is 15.5 Å². The van der Waals surface area contributed by atoms with Gasteiger partial charge in [0.05, 0.1) is 6.33 Å². The van der Waals surface area contributed by atoms with Crippen molar-refractivity contribution in [2.75, 3.05) is 6.54 Å². The van der Waals surface area contributed by atoms with Crippen molar-refractivity contribution in [2.45, 2.75) is 11.8 Å². The predicted octanol–water partition coefficient (Wildman–Crippen LogP) is -0.311. The Bertz CT molecular complexity index is 605. The Kier molecular flexibility index (Phi) is 2.06. The van der Waals surface area contributed by atoms with Gasteiger partial charge >= 0.3 is 0 Å². The van der Waals surface area contributed by atoms with Crippen molar-refractivity contribution in [1.82, 2.24) is 39.4 Å². The molecule has 8 nitrogen and oxygen atoms in total. The Balaban J connectivity index is 1.86. The fraction of sp³-hybridized carbons (Fsp3) is 0.273. The van der Waals surface area contributed by atoms with E-state index in [-0.39, 0.29) is 6.04 Å². The van der Waals surface area contributed by atoms with Crippen LogP contribution in [-0.4, -0.2) is 40.6 Å².